The molecule has 0 saturated carbocycles. The molecule has 0 aliphatic rings. The predicted octanol–water partition coefficient (Wildman–Crippen LogP) is 2.05. The number of hydrogen-bond donors (Lipinski definition) is 2. The third kappa shape index (κ3) is 5.96. The number of nitrogens with one attached hydrogen (secondary N) is 1. The molecule has 2 atom stereocenters. The van der Waals surface area contributed by atoms with Gasteiger partial charge in [0.05, 0.1) is 22.7 Å². The molecule has 3 nitrogen and oxygen atoms in total. The molecule has 0 spiro atoms. The molecule has 1 aromatic rings. The third-order valence-electron chi connectivity index (χ3n) is 2.34. The summed E-state index contributed by atoms with van der Waals surface area (Å²) in [5, 5.41) is 13.5. The summed E-state index contributed by atoms with van der Waals surface area (Å²) in [7, 11) is -1.21. The van der Waals surface area contributed by atoms with Crippen LogP contribution in [0.1, 0.15) is 13.8 Å². The fourth-order valence-electron chi connectivity index (χ4n) is 1.48. The number of aliphatic hydroxyl groups excluding tert-OH is 1. The Kier molecular flexibility index (Phi) is 6.86. The summed E-state index contributed by atoms with van der Waals surface area (Å²) in [4.78, 5) is 0.658. The van der Waals surface area contributed by atoms with Crippen LogP contribution in [-0.4, -0.2) is 34.3 Å². The molecule has 2 unspecified atom stereocenters. The number of hydrogen-bond acceptors (Lipinski definition) is 3. The van der Waals surface area contributed by atoms with Crippen LogP contribution in [0.15, 0.2) is 29.2 Å². The minimum Gasteiger partial charge on any atom is -0.391 e. The van der Waals surface area contributed by atoms with Crippen LogP contribution in [-0.2, 0) is 10.8 Å². The second kappa shape index (κ2) is 7.89. The van der Waals surface area contributed by atoms with Crippen LogP contribution in [0.4, 0.5) is 0 Å². The lowest BCUT2D eigenvalue weighted by Gasteiger charge is -2.13. The Morgan fingerprint density at radius 2 is 2.11 bits per heavy atom. The lowest BCUT2D eigenvalue weighted by atomic mass is 10.2. The minimum absolute atomic E-state index is 0.228. The van der Waals surface area contributed by atoms with Crippen LogP contribution < -0.4 is 5.32 Å². The first kappa shape index (κ1) is 15.6. The molecule has 102 valence electrons. The highest BCUT2D eigenvalue weighted by atomic mass is 35.5. The lowest BCUT2D eigenvalue weighted by Crippen LogP contribution is -2.32. The van der Waals surface area contributed by atoms with Crippen LogP contribution in [0.2, 0.25) is 5.02 Å². The SMILES string of the molecule is CC(C)CNCC(O)CS(=O)c1cccc(Cl)c1. The van der Waals surface area contributed by atoms with Gasteiger partial charge in [-0.2, -0.15) is 0 Å². The van der Waals surface area contributed by atoms with Gasteiger partial charge in [-0.25, -0.2) is 0 Å². The summed E-state index contributed by atoms with van der Waals surface area (Å²) in [6, 6.07) is 6.93. The van der Waals surface area contributed by atoms with Crippen molar-refractivity contribution in [1.29, 1.82) is 0 Å². The fraction of sp³-hybridized carbons (Fsp3) is 0.538. The molecule has 0 fully saturated rings. The maximum absolute atomic E-state index is 12.0. The van der Waals surface area contributed by atoms with E-state index in [2.05, 4.69) is 19.2 Å². The first-order valence-corrected chi connectivity index (χ1v) is 7.71. The van der Waals surface area contributed by atoms with Crippen molar-refractivity contribution in [2.75, 3.05) is 18.8 Å². The number of aliphatic hydroxyl groups is 1. The molecule has 0 aliphatic heterocycles. The molecule has 2 N–H and O–H groups in total. The number of halogens is 1. The van der Waals surface area contributed by atoms with Gasteiger partial charge in [-0.1, -0.05) is 31.5 Å². The lowest BCUT2D eigenvalue weighted by molar-refractivity contribution is 0.193. The van der Waals surface area contributed by atoms with E-state index in [1.165, 1.54) is 0 Å². The van der Waals surface area contributed by atoms with Crippen molar-refractivity contribution in [3.63, 3.8) is 0 Å². The maximum Gasteiger partial charge on any atom is 0.0783 e. The molecule has 1 aromatic carbocycles. The molecule has 0 aromatic heterocycles. The Balaban J connectivity index is 2.40. The van der Waals surface area contributed by atoms with Crippen molar-refractivity contribution < 1.29 is 9.32 Å². The second-order valence-electron chi connectivity index (χ2n) is 4.68. The Bertz CT molecular complexity index is 398. The smallest absolute Gasteiger partial charge is 0.0783 e. The first-order chi connectivity index (χ1) is 8.49. The number of benzene rings is 1. The molecule has 1 rings (SSSR count). The molecule has 5 heteroatoms. The van der Waals surface area contributed by atoms with Gasteiger partial charge in [-0.3, -0.25) is 4.21 Å². The van der Waals surface area contributed by atoms with Gasteiger partial charge < -0.3 is 10.4 Å². The minimum atomic E-state index is -1.21. The highest BCUT2D eigenvalue weighted by Gasteiger charge is 2.11. The Morgan fingerprint density at radius 1 is 1.39 bits per heavy atom. The van der Waals surface area contributed by atoms with E-state index in [4.69, 9.17) is 11.6 Å². The van der Waals surface area contributed by atoms with Crippen molar-refractivity contribution in [2.24, 2.45) is 5.92 Å². The fourth-order valence-corrected chi connectivity index (χ4v) is 2.88. The number of rotatable bonds is 7. The van der Waals surface area contributed by atoms with E-state index in [1.807, 2.05) is 0 Å². The van der Waals surface area contributed by atoms with Crippen molar-refractivity contribution in [3.8, 4) is 0 Å². The summed E-state index contributed by atoms with van der Waals surface area (Å²) in [6.07, 6.45) is -0.608. The maximum atomic E-state index is 12.0. The van der Waals surface area contributed by atoms with E-state index >= 15 is 0 Å². The molecule has 0 saturated heterocycles. The van der Waals surface area contributed by atoms with E-state index < -0.39 is 16.9 Å². The van der Waals surface area contributed by atoms with Gasteiger partial charge in [0.1, 0.15) is 0 Å². The van der Waals surface area contributed by atoms with E-state index in [1.54, 1.807) is 24.3 Å². The van der Waals surface area contributed by atoms with Gasteiger partial charge >= 0.3 is 0 Å². The van der Waals surface area contributed by atoms with Crippen molar-refractivity contribution >= 4 is 22.4 Å². The summed E-state index contributed by atoms with van der Waals surface area (Å²) < 4.78 is 12.0. The molecule has 0 aliphatic carbocycles. The summed E-state index contributed by atoms with van der Waals surface area (Å²) >= 11 is 5.83. The summed E-state index contributed by atoms with van der Waals surface area (Å²) in [6.45, 7) is 5.51. The largest absolute Gasteiger partial charge is 0.391 e. The van der Waals surface area contributed by atoms with Gasteiger partial charge in [0, 0.05) is 16.5 Å². The average molecular weight is 290 g/mol. The van der Waals surface area contributed by atoms with Crippen LogP contribution in [0, 0.1) is 5.92 Å². The van der Waals surface area contributed by atoms with Crippen molar-refractivity contribution in [1.82, 2.24) is 5.32 Å². The third-order valence-corrected chi connectivity index (χ3v) is 4.04. The van der Waals surface area contributed by atoms with E-state index in [-0.39, 0.29) is 5.75 Å². The van der Waals surface area contributed by atoms with Gasteiger partial charge in [-0.15, -0.1) is 0 Å². The van der Waals surface area contributed by atoms with Gasteiger partial charge in [0.25, 0.3) is 0 Å². The highest BCUT2D eigenvalue weighted by Crippen LogP contribution is 2.14. The standard InChI is InChI=1S/C13H20ClNO2S/c1-10(2)7-15-8-12(16)9-18(17)13-5-3-4-11(14)6-13/h3-6,10,12,15-16H,7-9H2,1-2H3. The zero-order chi connectivity index (χ0) is 13.5. The highest BCUT2D eigenvalue weighted by molar-refractivity contribution is 7.85. The molecule has 0 bridgehead atoms. The van der Waals surface area contributed by atoms with E-state index in [9.17, 15) is 9.32 Å². The quantitative estimate of drug-likeness (QED) is 0.808. The molecule has 0 heterocycles. The van der Waals surface area contributed by atoms with Crippen LogP contribution >= 0.6 is 11.6 Å². The summed E-state index contributed by atoms with van der Waals surface area (Å²) in [5.74, 6) is 0.765. The van der Waals surface area contributed by atoms with Gasteiger partial charge in [0.15, 0.2) is 0 Å². The predicted molar refractivity (Wildman–Crippen MR) is 76.4 cm³/mol. The zero-order valence-electron chi connectivity index (χ0n) is 10.7. The normalized spacial score (nSPS) is 14.7. The Hall–Kier alpha value is -0.420. The van der Waals surface area contributed by atoms with Crippen molar-refractivity contribution in [3.05, 3.63) is 29.3 Å². The molecule has 0 radical (unpaired) electrons. The van der Waals surface area contributed by atoms with Gasteiger partial charge in [-0.05, 0) is 30.7 Å². The van der Waals surface area contributed by atoms with Crippen LogP contribution in [0.3, 0.4) is 0 Å². The molecule has 0 amide bonds. The first-order valence-electron chi connectivity index (χ1n) is 6.01. The monoisotopic (exact) mass is 289 g/mol. The topological polar surface area (TPSA) is 49.3 Å². The van der Waals surface area contributed by atoms with Crippen LogP contribution in [0.5, 0.6) is 0 Å². The molecular formula is C13H20ClNO2S. The Labute approximate surface area is 116 Å². The van der Waals surface area contributed by atoms with Crippen molar-refractivity contribution in [2.45, 2.75) is 24.8 Å². The van der Waals surface area contributed by atoms with Gasteiger partial charge in [0.2, 0.25) is 0 Å². The average Bonchev–Trinajstić information content (AvgIpc) is 2.28. The summed E-state index contributed by atoms with van der Waals surface area (Å²) in [5.41, 5.74) is 0. The Morgan fingerprint density at radius 3 is 2.72 bits per heavy atom. The molecular weight excluding hydrogens is 270 g/mol. The van der Waals surface area contributed by atoms with E-state index in [0.29, 0.717) is 22.4 Å². The van der Waals surface area contributed by atoms with E-state index in [0.717, 1.165) is 6.54 Å². The van der Waals surface area contributed by atoms with Crippen LogP contribution in [0.25, 0.3) is 0 Å². The zero-order valence-corrected chi connectivity index (χ0v) is 12.3. The molecule has 18 heavy (non-hydrogen) atoms. The second-order valence-corrected chi connectivity index (χ2v) is 6.61.